The largest absolute Gasteiger partial charge is 0.481 e. The van der Waals surface area contributed by atoms with Gasteiger partial charge in [-0.25, -0.2) is 0 Å². The molecule has 1 aliphatic rings. The zero-order chi connectivity index (χ0) is 14.9. The molecule has 0 saturated carbocycles. The van der Waals surface area contributed by atoms with Crippen molar-refractivity contribution in [3.63, 3.8) is 0 Å². The maximum Gasteiger partial charge on any atom is 0.311 e. The summed E-state index contributed by atoms with van der Waals surface area (Å²) in [5, 5.41) is 9.54. The molecule has 108 valence electrons. The topological polar surface area (TPSA) is 66.8 Å². The fourth-order valence-corrected chi connectivity index (χ4v) is 2.52. The van der Waals surface area contributed by atoms with Gasteiger partial charge in [0.05, 0.1) is 29.8 Å². The number of carboxylic acid groups (broad SMARTS) is 1. The van der Waals surface area contributed by atoms with Gasteiger partial charge in [0, 0.05) is 7.05 Å². The number of halogens is 1. The zero-order valence-electron chi connectivity index (χ0n) is 11.3. The molecule has 20 heavy (non-hydrogen) atoms. The van der Waals surface area contributed by atoms with Crippen molar-refractivity contribution in [2.24, 2.45) is 5.92 Å². The van der Waals surface area contributed by atoms with Crippen molar-refractivity contribution in [2.75, 3.05) is 20.3 Å². The number of hydrogen-bond acceptors (Lipinski definition) is 3. The summed E-state index contributed by atoms with van der Waals surface area (Å²) in [6.07, 6.45) is 0. The van der Waals surface area contributed by atoms with Crippen LogP contribution >= 0.6 is 11.6 Å². The Hall–Kier alpha value is -1.59. The van der Waals surface area contributed by atoms with Crippen LogP contribution in [0.15, 0.2) is 18.2 Å². The summed E-state index contributed by atoms with van der Waals surface area (Å²) in [6, 6.07) is 4.73. The first kappa shape index (κ1) is 14.8. The standard InChI is InChI=1S/C14H16ClNO4/c1-8-4-3-5-9(12(8)15)13(17)16(2)11-7-20-6-10(11)14(18)19/h3-5,10-11H,6-7H2,1-2H3,(H,18,19). The van der Waals surface area contributed by atoms with Crippen LogP contribution in [0.5, 0.6) is 0 Å². The van der Waals surface area contributed by atoms with Crippen LogP contribution in [-0.2, 0) is 9.53 Å². The van der Waals surface area contributed by atoms with Gasteiger partial charge in [0.25, 0.3) is 5.91 Å². The third-order valence-electron chi connectivity index (χ3n) is 3.61. The number of ether oxygens (including phenoxy) is 1. The Morgan fingerprint density at radius 1 is 1.40 bits per heavy atom. The highest BCUT2D eigenvalue weighted by Crippen LogP contribution is 2.25. The van der Waals surface area contributed by atoms with E-state index in [1.807, 2.05) is 13.0 Å². The maximum absolute atomic E-state index is 12.5. The average molecular weight is 298 g/mol. The van der Waals surface area contributed by atoms with Gasteiger partial charge in [-0.3, -0.25) is 9.59 Å². The fraction of sp³-hybridized carbons (Fsp3) is 0.429. The van der Waals surface area contributed by atoms with Crippen molar-refractivity contribution >= 4 is 23.5 Å². The van der Waals surface area contributed by atoms with E-state index in [-0.39, 0.29) is 19.1 Å². The molecule has 1 fully saturated rings. The number of nitrogens with zero attached hydrogens (tertiary/aromatic N) is 1. The number of rotatable bonds is 3. The molecule has 6 heteroatoms. The molecule has 1 amide bonds. The lowest BCUT2D eigenvalue weighted by Gasteiger charge is -2.26. The van der Waals surface area contributed by atoms with Crippen LogP contribution in [0, 0.1) is 12.8 Å². The Kier molecular flexibility index (Phi) is 4.30. The molecule has 2 rings (SSSR count). The molecule has 0 aromatic heterocycles. The molecule has 1 aliphatic heterocycles. The number of amides is 1. The lowest BCUT2D eigenvalue weighted by Crippen LogP contribution is -2.44. The minimum Gasteiger partial charge on any atom is -0.481 e. The van der Waals surface area contributed by atoms with Gasteiger partial charge >= 0.3 is 5.97 Å². The lowest BCUT2D eigenvalue weighted by atomic mass is 10.0. The van der Waals surface area contributed by atoms with Gasteiger partial charge in [0.15, 0.2) is 0 Å². The molecule has 1 saturated heterocycles. The van der Waals surface area contributed by atoms with Gasteiger partial charge < -0.3 is 14.7 Å². The highest BCUT2D eigenvalue weighted by atomic mass is 35.5. The van der Waals surface area contributed by atoms with E-state index in [0.717, 1.165) is 5.56 Å². The smallest absolute Gasteiger partial charge is 0.311 e. The van der Waals surface area contributed by atoms with Crippen LogP contribution in [0.4, 0.5) is 0 Å². The summed E-state index contributed by atoms with van der Waals surface area (Å²) in [6.45, 7) is 2.17. The van der Waals surface area contributed by atoms with Crippen molar-refractivity contribution in [1.29, 1.82) is 0 Å². The molecular weight excluding hydrogens is 282 g/mol. The Morgan fingerprint density at radius 2 is 2.10 bits per heavy atom. The average Bonchev–Trinajstić information content (AvgIpc) is 2.89. The van der Waals surface area contributed by atoms with Gasteiger partial charge in [-0.05, 0) is 18.6 Å². The van der Waals surface area contributed by atoms with Crippen molar-refractivity contribution < 1.29 is 19.4 Å². The van der Waals surface area contributed by atoms with Crippen molar-refractivity contribution in [1.82, 2.24) is 4.90 Å². The highest BCUT2D eigenvalue weighted by molar-refractivity contribution is 6.34. The van der Waals surface area contributed by atoms with Crippen LogP contribution < -0.4 is 0 Å². The third kappa shape index (κ3) is 2.64. The number of benzene rings is 1. The van der Waals surface area contributed by atoms with E-state index in [9.17, 15) is 9.59 Å². The normalized spacial score (nSPS) is 21.8. The first-order valence-electron chi connectivity index (χ1n) is 6.26. The molecule has 0 spiro atoms. The summed E-state index contributed by atoms with van der Waals surface area (Å²) in [4.78, 5) is 25.0. The zero-order valence-corrected chi connectivity index (χ0v) is 12.1. The molecule has 2 unspecified atom stereocenters. The van der Waals surface area contributed by atoms with E-state index in [2.05, 4.69) is 0 Å². The van der Waals surface area contributed by atoms with E-state index in [4.69, 9.17) is 21.4 Å². The summed E-state index contributed by atoms with van der Waals surface area (Å²) in [5.74, 6) is -1.95. The monoisotopic (exact) mass is 297 g/mol. The molecular formula is C14H16ClNO4. The van der Waals surface area contributed by atoms with Crippen molar-refractivity contribution in [3.8, 4) is 0 Å². The van der Waals surface area contributed by atoms with Crippen LogP contribution in [0.1, 0.15) is 15.9 Å². The van der Waals surface area contributed by atoms with Crippen molar-refractivity contribution in [3.05, 3.63) is 34.3 Å². The predicted molar refractivity (Wildman–Crippen MR) is 74.0 cm³/mol. The third-order valence-corrected chi connectivity index (χ3v) is 4.11. The minimum atomic E-state index is -0.956. The first-order chi connectivity index (χ1) is 9.43. The summed E-state index contributed by atoms with van der Waals surface area (Å²) >= 11 is 6.14. The quantitative estimate of drug-likeness (QED) is 0.924. The SMILES string of the molecule is Cc1cccc(C(=O)N(C)C2COCC2C(=O)O)c1Cl. The molecule has 1 heterocycles. The highest BCUT2D eigenvalue weighted by Gasteiger charge is 2.39. The Balaban J connectivity index is 2.24. The number of hydrogen-bond donors (Lipinski definition) is 1. The molecule has 1 N–H and O–H groups in total. The number of aryl methyl sites for hydroxylation is 1. The van der Waals surface area contributed by atoms with E-state index >= 15 is 0 Å². The summed E-state index contributed by atoms with van der Waals surface area (Å²) in [5.41, 5.74) is 1.19. The van der Waals surface area contributed by atoms with E-state index in [1.54, 1.807) is 19.2 Å². The second-order valence-corrected chi connectivity index (χ2v) is 5.28. The van der Waals surface area contributed by atoms with E-state index in [1.165, 1.54) is 4.90 Å². The Bertz CT molecular complexity index is 546. The number of carbonyl (C=O) groups is 2. The molecule has 5 nitrogen and oxygen atoms in total. The minimum absolute atomic E-state index is 0.124. The molecule has 1 aromatic carbocycles. The van der Waals surface area contributed by atoms with Gasteiger partial charge in [0.1, 0.15) is 5.92 Å². The molecule has 2 atom stereocenters. The van der Waals surface area contributed by atoms with Crippen LogP contribution in [-0.4, -0.2) is 48.2 Å². The van der Waals surface area contributed by atoms with Gasteiger partial charge in [-0.2, -0.15) is 0 Å². The fourth-order valence-electron chi connectivity index (χ4n) is 2.31. The second-order valence-electron chi connectivity index (χ2n) is 4.90. The maximum atomic E-state index is 12.5. The Morgan fingerprint density at radius 3 is 2.75 bits per heavy atom. The van der Waals surface area contributed by atoms with Crippen LogP contribution in [0.25, 0.3) is 0 Å². The number of carboxylic acids is 1. The first-order valence-corrected chi connectivity index (χ1v) is 6.64. The predicted octanol–water partition coefficient (Wildman–Crippen LogP) is 1.82. The molecule has 0 aliphatic carbocycles. The second kappa shape index (κ2) is 5.81. The summed E-state index contributed by atoms with van der Waals surface area (Å²) in [7, 11) is 1.58. The van der Waals surface area contributed by atoms with Gasteiger partial charge in [-0.1, -0.05) is 23.7 Å². The van der Waals surface area contributed by atoms with E-state index in [0.29, 0.717) is 10.6 Å². The van der Waals surface area contributed by atoms with Crippen LogP contribution in [0.3, 0.4) is 0 Å². The molecule has 1 aromatic rings. The van der Waals surface area contributed by atoms with Gasteiger partial charge in [0.2, 0.25) is 0 Å². The molecule has 0 bridgehead atoms. The number of carbonyl (C=O) groups excluding carboxylic acids is 1. The number of aliphatic carboxylic acids is 1. The summed E-state index contributed by atoms with van der Waals surface area (Å²) < 4.78 is 5.18. The number of likely N-dealkylation sites (N-methyl/N-ethyl adjacent to an activating group) is 1. The Labute approximate surface area is 122 Å². The van der Waals surface area contributed by atoms with Gasteiger partial charge in [-0.15, -0.1) is 0 Å². The lowest BCUT2D eigenvalue weighted by molar-refractivity contribution is -0.142. The van der Waals surface area contributed by atoms with Crippen LogP contribution in [0.2, 0.25) is 5.02 Å². The van der Waals surface area contributed by atoms with Crippen molar-refractivity contribution in [2.45, 2.75) is 13.0 Å². The van der Waals surface area contributed by atoms with E-state index < -0.39 is 17.9 Å². The molecule has 0 radical (unpaired) electrons.